The Bertz CT molecular complexity index is 376. The van der Waals surface area contributed by atoms with E-state index in [0.717, 1.165) is 0 Å². The van der Waals surface area contributed by atoms with E-state index in [4.69, 9.17) is 5.11 Å². The van der Waals surface area contributed by atoms with Crippen molar-refractivity contribution in [2.75, 3.05) is 18.9 Å². The number of carboxylic acid groups (broad SMARTS) is 1. The normalized spacial score (nSPS) is 22.1. The van der Waals surface area contributed by atoms with Crippen molar-refractivity contribution in [3.63, 3.8) is 0 Å². The number of thioether (sulfide) groups is 1. The Hall–Kier alpha value is -0.950. The summed E-state index contributed by atoms with van der Waals surface area (Å²) in [5, 5.41) is 18.2. The molecule has 0 bridgehead atoms. The fourth-order valence-corrected chi connectivity index (χ4v) is 3.90. The number of urea groups is 1. The maximum Gasteiger partial charge on any atom is 0.327 e. The van der Waals surface area contributed by atoms with E-state index in [9.17, 15) is 14.7 Å². The number of carbonyl (C=O) groups excluding carboxylic acids is 1. The van der Waals surface area contributed by atoms with Gasteiger partial charge in [0, 0.05) is 24.9 Å². The number of aliphatic carboxylic acids is 1. The van der Waals surface area contributed by atoms with Crippen LogP contribution in [0.15, 0.2) is 0 Å². The highest BCUT2D eigenvalue weighted by atomic mass is 32.2. The van der Waals surface area contributed by atoms with Gasteiger partial charge in [-0.2, -0.15) is 0 Å². The summed E-state index contributed by atoms with van der Waals surface area (Å²) in [6.07, 6.45) is 0.495. The van der Waals surface area contributed by atoms with Gasteiger partial charge in [0.1, 0.15) is 6.04 Å². The molecule has 1 saturated heterocycles. The van der Waals surface area contributed by atoms with E-state index in [-0.39, 0.29) is 30.0 Å². The third kappa shape index (κ3) is 4.26. The number of nitrogens with zero attached hydrogens (tertiary/aromatic N) is 2. The lowest BCUT2D eigenvalue weighted by molar-refractivity contribution is -0.141. The number of hydrogen-bond acceptors (Lipinski definition) is 4. The Balaban J connectivity index is 2.98. The predicted molar refractivity (Wildman–Crippen MR) is 83.3 cm³/mol. The van der Waals surface area contributed by atoms with Crippen LogP contribution in [-0.2, 0) is 4.79 Å². The van der Waals surface area contributed by atoms with Crippen LogP contribution in [-0.4, -0.2) is 68.4 Å². The van der Waals surface area contributed by atoms with E-state index in [0.29, 0.717) is 18.7 Å². The first-order valence-electron chi connectivity index (χ1n) is 7.35. The molecule has 2 amide bonds. The molecule has 2 unspecified atom stereocenters. The molecule has 0 aromatic rings. The van der Waals surface area contributed by atoms with Crippen LogP contribution >= 0.6 is 11.8 Å². The van der Waals surface area contributed by atoms with Gasteiger partial charge in [-0.3, -0.25) is 4.90 Å². The SMILES string of the molecule is CC(C)C1SCC(C(=O)O)N1C(=O)N(CCCO)C(C)C. The molecule has 1 heterocycles. The van der Waals surface area contributed by atoms with Gasteiger partial charge < -0.3 is 15.1 Å². The average Bonchev–Trinajstić information content (AvgIpc) is 2.83. The molecule has 0 aromatic carbocycles. The topological polar surface area (TPSA) is 81.1 Å². The van der Waals surface area contributed by atoms with Crippen molar-refractivity contribution in [3.8, 4) is 0 Å². The molecule has 0 radical (unpaired) electrons. The van der Waals surface area contributed by atoms with Crippen LogP contribution in [0.1, 0.15) is 34.1 Å². The number of aliphatic hydroxyl groups is 1. The number of carboxylic acids is 1. The minimum atomic E-state index is -0.954. The number of amides is 2. The van der Waals surface area contributed by atoms with Crippen molar-refractivity contribution in [1.82, 2.24) is 9.80 Å². The summed E-state index contributed by atoms with van der Waals surface area (Å²) in [4.78, 5) is 27.4. The fourth-order valence-electron chi connectivity index (χ4n) is 2.44. The third-order valence-electron chi connectivity index (χ3n) is 3.54. The Labute approximate surface area is 130 Å². The van der Waals surface area contributed by atoms with Crippen LogP contribution in [0.3, 0.4) is 0 Å². The predicted octanol–water partition coefficient (Wildman–Crippen LogP) is 1.68. The molecule has 1 fully saturated rings. The minimum Gasteiger partial charge on any atom is -0.480 e. The first-order valence-corrected chi connectivity index (χ1v) is 8.40. The van der Waals surface area contributed by atoms with Crippen LogP contribution in [0, 0.1) is 5.92 Å². The number of hydrogen-bond donors (Lipinski definition) is 2. The lowest BCUT2D eigenvalue weighted by Gasteiger charge is -2.36. The van der Waals surface area contributed by atoms with Crippen molar-refractivity contribution >= 4 is 23.8 Å². The van der Waals surface area contributed by atoms with E-state index in [1.807, 2.05) is 27.7 Å². The molecular weight excluding hydrogens is 292 g/mol. The molecule has 1 aliphatic rings. The summed E-state index contributed by atoms with van der Waals surface area (Å²) in [6.45, 7) is 8.25. The van der Waals surface area contributed by atoms with Crippen molar-refractivity contribution in [2.45, 2.75) is 51.6 Å². The lowest BCUT2D eigenvalue weighted by atomic mass is 10.1. The van der Waals surface area contributed by atoms with Gasteiger partial charge in [-0.25, -0.2) is 9.59 Å². The van der Waals surface area contributed by atoms with Crippen LogP contribution in [0.25, 0.3) is 0 Å². The van der Waals surface area contributed by atoms with Crippen LogP contribution in [0.4, 0.5) is 4.79 Å². The molecule has 122 valence electrons. The van der Waals surface area contributed by atoms with E-state index in [1.54, 1.807) is 4.90 Å². The van der Waals surface area contributed by atoms with Gasteiger partial charge >= 0.3 is 12.0 Å². The number of aliphatic hydroxyl groups excluding tert-OH is 1. The number of carbonyl (C=O) groups is 2. The van der Waals surface area contributed by atoms with E-state index >= 15 is 0 Å². The molecule has 1 rings (SSSR count). The maximum atomic E-state index is 12.8. The highest BCUT2D eigenvalue weighted by molar-refractivity contribution is 8.00. The van der Waals surface area contributed by atoms with Gasteiger partial charge in [0.05, 0.1) is 5.37 Å². The van der Waals surface area contributed by atoms with Crippen molar-refractivity contribution in [3.05, 3.63) is 0 Å². The quantitative estimate of drug-likeness (QED) is 0.779. The van der Waals surface area contributed by atoms with Crippen LogP contribution < -0.4 is 0 Å². The lowest BCUT2D eigenvalue weighted by Crippen LogP contribution is -2.54. The molecule has 6 nitrogen and oxygen atoms in total. The van der Waals surface area contributed by atoms with Gasteiger partial charge in [-0.1, -0.05) is 13.8 Å². The van der Waals surface area contributed by atoms with E-state index < -0.39 is 12.0 Å². The summed E-state index contributed by atoms with van der Waals surface area (Å²) in [6, 6.07) is -1.04. The molecule has 2 atom stereocenters. The molecule has 0 aromatic heterocycles. The molecule has 2 N–H and O–H groups in total. The van der Waals surface area contributed by atoms with Crippen molar-refractivity contribution in [2.24, 2.45) is 5.92 Å². The molecule has 21 heavy (non-hydrogen) atoms. The standard InChI is InChI=1S/C14H26N2O4S/c1-9(2)12-16(11(8-21-12)13(18)19)14(20)15(10(3)4)6-5-7-17/h9-12,17H,5-8H2,1-4H3,(H,18,19). The highest BCUT2D eigenvalue weighted by Crippen LogP contribution is 2.35. The molecular formula is C14H26N2O4S. The monoisotopic (exact) mass is 318 g/mol. The molecule has 1 aliphatic heterocycles. The second-order valence-electron chi connectivity index (χ2n) is 5.88. The molecule has 0 spiro atoms. The van der Waals surface area contributed by atoms with Gasteiger partial charge in [-0.15, -0.1) is 11.8 Å². The summed E-state index contributed by atoms with van der Waals surface area (Å²) < 4.78 is 0. The zero-order valence-corrected chi connectivity index (χ0v) is 14.0. The molecule has 0 aliphatic carbocycles. The first-order chi connectivity index (χ1) is 9.81. The zero-order valence-electron chi connectivity index (χ0n) is 13.2. The van der Waals surface area contributed by atoms with Gasteiger partial charge in [0.2, 0.25) is 0 Å². The Kier molecular flexibility index (Phi) is 6.80. The third-order valence-corrected chi connectivity index (χ3v) is 5.16. The Morgan fingerprint density at radius 1 is 1.33 bits per heavy atom. The van der Waals surface area contributed by atoms with Gasteiger partial charge in [0.25, 0.3) is 0 Å². The Morgan fingerprint density at radius 2 is 1.95 bits per heavy atom. The number of rotatable bonds is 6. The van der Waals surface area contributed by atoms with E-state index in [1.165, 1.54) is 16.7 Å². The second-order valence-corrected chi connectivity index (χ2v) is 7.03. The first kappa shape index (κ1) is 18.1. The largest absolute Gasteiger partial charge is 0.480 e. The van der Waals surface area contributed by atoms with Gasteiger partial charge in [0.15, 0.2) is 0 Å². The van der Waals surface area contributed by atoms with Crippen LogP contribution in [0.2, 0.25) is 0 Å². The van der Waals surface area contributed by atoms with E-state index in [2.05, 4.69) is 0 Å². The van der Waals surface area contributed by atoms with Crippen LogP contribution in [0.5, 0.6) is 0 Å². The summed E-state index contributed by atoms with van der Waals surface area (Å²) in [7, 11) is 0. The second kappa shape index (κ2) is 7.89. The zero-order chi connectivity index (χ0) is 16.2. The van der Waals surface area contributed by atoms with Gasteiger partial charge in [-0.05, 0) is 26.2 Å². The summed E-state index contributed by atoms with van der Waals surface area (Å²) in [5.74, 6) is -0.337. The maximum absolute atomic E-state index is 12.8. The van der Waals surface area contributed by atoms with Crippen molar-refractivity contribution in [1.29, 1.82) is 0 Å². The summed E-state index contributed by atoms with van der Waals surface area (Å²) in [5.41, 5.74) is 0. The summed E-state index contributed by atoms with van der Waals surface area (Å²) >= 11 is 1.52. The molecule has 0 saturated carbocycles. The minimum absolute atomic E-state index is 0.0151. The average molecular weight is 318 g/mol. The smallest absolute Gasteiger partial charge is 0.327 e. The highest BCUT2D eigenvalue weighted by Gasteiger charge is 2.44. The Morgan fingerprint density at radius 3 is 2.38 bits per heavy atom. The molecule has 7 heteroatoms. The van der Waals surface area contributed by atoms with Crippen molar-refractivity contribution < 1.29 is 19.8 Å². The fraction of sp³-hybridized carbons (Fsp3) is 0.857.